The van der Waals surface area contributed by atoms with Crippen molar-refractivity contribution < 1.29 is 9.59 Å². The van der Waals surface area contributed by atoms with Crippen molar-refractivity contribution >= 4 is 28.3 Å². The molecule has 0 bridgehead atoms. The van der Waals surface area contributed by atoms with Crippen molar-refractivity contribution in [1.29, 1.82) is 0 Å². The number of nitrogens with one attached hydrogen (secondary N) is 2. The van der Waals surface area contributed by atoms with E-state index in [0.717, 1.165) is 25.3 Å². The van der Waals surface area contributed by atoms with Gasteiger partial charge in [0.05, 0.1) is 5.69 Å². The standard InChI is InChI=1S/C20H26N4O2S/c1-14(2)17(22-18(25)15-8-4-3-5-9-15)19(26)23-20-21-16(13-27-20)12-24-10-6-7-11-24/h3-5,8-9,13-14,17H,6-7,10-12H2,1-2H3,(H,22,25)(H,21,23,26)/t17-/m0/s1. The normalized spacial score (nSPS) is 15.7. The molecule has 0 unspecified atom stereocenters. The van der Waals surface area contributed by atoms with Crippen molar-refractivity contribution in [3.8, 4) is 0 Å². The molecule has 2 N–H and O–H groups in total. The molecule has 1 aliphatic rings. The average Bonchev–Trinajstić information content (AvgIpc) is 3.32. The van der Waals surface area contributed by atoms with Crippen LogP contribution >= 0.6 is 11.3 Å². The molecule has 1 aromatic carbocycles. The van der Waals surface area contributed by atoms with Crippen LogP contribution in [0.15, 0.2) is 35.7 Å². The summed E-state index contributed by atoms with van der Waals surface area (Å²) in [5.74, 6) is -0.531. The maximum atomic E-state index is 12.7. The van der Waals surface area contributed by atoms with E-state index in [9.17, 15) is 9.59 Å². The van der Waals surface area contributed by atoms with E-state index in [0.29, 0.717) is 10.7 Å². The molecule has 1 aliphatic heterocycles. The topological polar surface area (TPSA) is 74.3 Å². The van der Waals surface area contributed by atoms with Gasteiger partial charge in [0, 0.05) is 17.5 Å². The van der Waals surface area contributed by atoms with E-state index in [1.54, 1.807) is 24.3 Å². The lowest BCUT2D eigenvalue weighted by atomic mass is 10.0. The third-order valence-corrected chi connectivity index (χ3v) is 5.44. The molecule has 2 amide bonds. The molecule has 0 radical (unpaired) electrons. The minimum atomic E-state index is -0.622. The summed E-state index contributed by atoms with van der Waals surface area (Å²) in [4.78, 5) is 32.0. The predicted octanol–water partition coefficient (Wildman–Crippen LogP) is 3.13. The number of aromatic nitrogens is 1. The van der Waals surface area contributed by atoms with Crippen molar-refractivity contribution in [2.24, 2.45) is 5.92 Å². The number of benzene rings is 1. The van der Waals surface area contributed by atoms with Gasteiger partial charge in [0.15, 0.2) is 5.13 Å². The minimum absolute atomic E-state index is 0.0401. The van der Waals surface area contributed by atoms with Crippen molar-refractivity contribution in [2.75, 3.05) is 18.4 Å². The molecular weight excluding hydrogens is 360 g/mol. The van der Waals surface area contributed by atoms with Crippen LogP contribution in [0.1, 0.15) is 42.7 Å². The number of hydrogen-bond acceptors (Lipinski definition) is 5. The Morgan fingerprint density at radius 1 is 1.19 bits per heavy atom. The molecule has 1 atom stereocenters. The first-order valence-electron chi connectivity index (χ1n) is 9.36. The van der Waals surface area contributed by atoms with E-state index in [2.05, 4.69) is 20.5 Å². The first-order chi connectivity index (χ1) is 13.0. The van der Waals surface area contributed by atoms with Gasteiger partial charge in [0.25, 0.3) is 5.91 Å². The van der Waals surface area contributed by atoms with Gasteiger partial charge >= 0.3 is 0 Å². The van der Waals surface area contributed by atoms with E-state index in [1.165, 1.54) is 24.2 Å². The summed E-state index contributed by atoms with van der Waals surface area (Å²) in [6.07, 6.45) is 2.48. The van der Waals surface area contributed by atoms with Crippen LogP contribution in [0.2, 0.25) is 0 Å². The van der Waals surface area contributed by atoms with E-state index in [-0.39, 0.29) is 17.7 Å². The van der Waals surface area contributed by atoms with Crippen LogP contribution in [-0.4, -0.2) is 40.8 Å². The molecule has 7 heteroatoms. The molecule has 0 spiro atoms. The number of nitrogens with zero attached hydrogens (tertiary/aromatic N) is 2. The average molecular weight is 387 g/mol. The SMILES string of the molecule is CC(C)[C@H](NC(=O)c1ccccc1)C(=O)Nc1nc(CN2CCCC2)cs1. The minimum Gasteiger partial charge on any atom is -0.340 e. The molecule has 1 saturated heterocycles. The zero-order valence-electron chi connectivity index (χ0n) is 15.8. The fourth-order valence-corrected chi connectivity index (χ4v) is 3.84. The van der Waals surface area contributed by atoms with Gasteiger partial charge in [-0.15, -0.1) is 11.3 Å². The van der Waals surface area contributed by atoms with Crippen LogP contribution in [0.25, 0.3) is 0 Å². The first kappa shape index (κ1) is 19.5. The van der Waals surface area contributed by atoms with Gasteiger partial charge in [0.2, 0.25) is 5.91 Å². The van der Waals surface area contributed by atoms with Gasteiger partial charge in [0.1, 0.15) is 6.04 Å². The van der Waals surface area contributed by atoms with Gasteiger partial charge in [-0.25, -0.2) is 4.98 Å². The maximum absolute atomic E-state index is 12.7. The smallest absolute Gasteiger partial charge is 0.251 e. The highest BCUT2D eigenvalue weighted by molar-refractivity contribution is 7.13. The highest BCUT2D eigenvalue weighted by Crippen LogP contribution is 2.19. The molecule has 6 nitrogen and oxygen atoms in total. The van der Waals surface area contributed by atoms with E-state index in [1.807, 2.05) is 25.3 Å². The summed E-state index contributed by atoms with van der Waals surface area (Å²) < 4.78 is 0. The van der Waals surface area contributed by atoms with Crippen molar-refractivity contribution in [3.63, 3.8) is 0 Å². The Morgan fingerprint density at radius 2 is 1.89 bits per heavy atom. The van der Waals surface area contributed by atoms with Crippen LogP contribution in [0.3, 0.4) is 0 Å². The Balaban J connectivity index is 1.60. The second-order valence-corrected chi connectivity index (χ2v) is 8.04. The molecule has 2 aromatic rings. The van der Waals surface area contributed by atoms with Crippen LogP contribution < -0.4 is 10.6 Å². The molecule has 144 valence electrons. The van der Waals surface area contributed by atoms with Gasteiger partial charge < -0.3 is 10.6 Å². The predicted molar refractivity (Wildman–Crippen MR) is 108 cm³/mol. The highest BCUT2D eigenvalue weighted by atomic mass is 32.1. The van der Waals surface area contributed by atoms with Gasteiger partial charge in [-0.05, 0) is 44.0 Å². The number of thiazole rings is 1. The summed E-state index contributed by atoms with van der Waals surface area (Å²) in [6.45, 7) is 6.87. The van der Waals surface area contributed by atoms with Crippen LogP contribution in [-0.2, 0) is 11.3 Å². The number of carbonyl (C=O) groups is 2. The zero-order valence-corrected chi connectivity index (χ0v) is 16.6. The lowest BCUT2D eigenvalue weighted by Gasteiger charge is -2.21. The summed E-state index contributed by atoms with van der Waals surface area (Å²) >= 11 is 1.42. The Bertz CT molecular complexity index is 769. The third-order valence-electron chi connectivity index (χ3n) is 4.64. The Kier molecular flexibility index (Phi) is 6.58. The second-order valence-electron chi connectivity index (χ2n) is 7.18. The quantitative estimate of drug-likeness (QED) is 0.767. The first-order valence-corrected chi connectivity index (χ1v) is 10.2. The summed E-state index contributed by atoms with van der Waals surface area (Å²) in [6, 6.07) is 8.30. The molecule has 2 heterocycles. The van der Waals surface area contributed by atoms with Crippen molar-refractivity contribution in [2.45, 2.75) is 39.3 Å². The summed E-state index contributed by atoms with van der Waals surface area (Å²) in [5.41, 5.74) is 1.52. The third kappa shape index (κ3) is 5.37. The number of carbonyl (C=O) groups excluding carboxylic acids is 2. The molecule has 27 heavy (non-hydrogen) atoms. The molecule has 3 rings (SSSR count). The Hall–Kier alpha value is -2.25. The zero-order chi connectivity index (χ0) is 19.2. The molecule has 1 fully saturated rings. The van der Waals surface area contributed by atoms with Gasteiger partial charge in [-0.1, -0.05) is 32.0 Å². The Labute approximate surface area is 164 Å². The fraction of sp³-hybridized carbons (Fsp3) is 0.450. The van der Waals surface area contributed by atoms with E-state index >= 15 is 0 Å². The van der Waals surface area contributed by atoms with Crippen LogP contribution in [0.4, 0.5) is 5.13 Å². The van der Waals surface area contributed by atoms with Gasteiger partial charge in [-0.2, -0.15) is 0 Å². The number of anilines is 1. The van der Waals surface area contributed by atoms with Crippen molar-refractivity contribution in [1.82, 2.24) is 15.2 Å². The Morgan fingerprint density at radius 3 is 2.56 bits per heavy atom. The van der Waals surface area contributed by atoms with Crippen LogP contribution in [0.5, 0.6) is 0 Å². The monoisotopic (exact) mass is 386 g/mol. The van der Waals surface area contributed by atoms with E-state index < -0.39 is 6.04 Å². The lowest BCUT2D eigenvalue weighted by molar-refractivity contribution is -0.118. The maximum Gasteiger partial charge on any atom is 0.251 e. The molecule has 1 aromatic heterocycles. The largest absolute Gasteiger partial charge is 0.340 e. The summed E-state index contributed by atoms with van der Waals surface area (Å²) in [7, 11) is 0. The summed E-state index contributed by atoms with van der Waals surface area (Å²) in [5, 5.41) is 8.26. The van der Waals surface area contributed by atoms with Crippen LogP contribution in [0, 0.1) is 5.92 Å². The van der Waals surface area contributed by atoms with E-state index in [4.69, 9.17) is 0 Å². The molecular formula is C20H26N4O2S. The number of hydrogen-bond donors (Lipinski definition) is 2. The molecule has 0 aliphatic carbocycles. The second kappa shape index (κ2) is 9.10. The molecule has 0 saturated carbocycles. The fourth-order valence-electron chi connectivity index (χ4n) is 3.14. The van der Waals surface area contributed by atoms with Gasteiger partial charge in [-0.3, -0.25) is 14.5 Å². The number of rotatable bonds is 7. The van der Waals surface area contributed by atoms with Crippen molar-refractivity contribution in [3.05, 3.63) is 47.0 Å². The number of amides is 2. The highest BCUT2D eigenvalue weighted by Gasteiger charge is 2.25. The number of likely N-dealkylation sites (tertiary alicyclic amines) is 1. The lowest BCUT2D eigenvalue weighted by Crippen LogP contribution is -2.47.